The lowest BCUT2D eigenvalue weighted by Gasteiger charge is -2.16. The Morgan fingerprint density at radius 1 is 1.17 bits per heavy atom. The zero-order valence-electron chi connectivity index (χ0n) is 13.8. The Morgan fingerprint density at radius 2 is 1.91 bits per heavy atom. The minimum absolute atomic E-state index is 0.157. The molecule has 0 unspecified atom stereocenters. The first-order chi connectivity index (χ1) is 11.1. The average Bonchev–Trinajstić information content (AvgIpc) is 3.37. The van der Waals surface area contributed by atoms with Gasteiger partial charge in [-0.05, 0) is 49.4 Å². The van der Waals surface area contributed by atoms with E-state index < -0.39 is 0 Å². The third-order valence-corrected chi connectivity index (χ3v) is 4.62. The highest BCUT2D eigenvalue weighted by Crippen LogP contribution is 2.48. The number of hydrogen-bond acceptors (Lipinski definition) is 2. The van der Waals surface area contributed by atoms with Gasteiger partial charge in [0.15, 0.2) is 0 Å². The van der Waals surface area contributed by atoms with E-state index in [1.54, 1.807) is 7.11 Å². The number of amides is 1. The first kappa shape index (κ1) is 15.6. The van der Waals surface area contributed by atoms with Crippen LogP contribution in [-0.2, 0) is 16.6 Å². The van der Waals surface area contributed by atoms with Crippen LogP contribution in [-0.4, -0.2) is 19.6 Å². The maximum atomic E-state index is 12.6. The van der Waals surface area contributed by atoms with Gasteiger partial charge in [-0.3, -0.25) is 4.79 Å². The van der Waals surface area contributed by atoms with E-state index in [-0.39, 0.29) is 11.3 Å². The van der Waals surface area contributed by atoms with Crippen molar-refractivity contribution in [3.05, 3.63) is 65.2 Å². The number of carbonyl (C=O) groups is 1. The maximum absolute atomic E-state index is 12.6. The Bertz CT molecular complexity index is 687. The summed E-state index contributed by atoms with van der Waals surface area (Å²) in [6.45, 7) is 2.72. The summed E-state index contributed by atoms with van der Waals surface area (Å²) in [5.41, 5.74) is 3.25. The quantitative estimate of drug-likeness (QED) is 0.888. The standard InChI is InChI=1S/C20H23NO2/c1-15-6-8-17(9-7-15)20(11-12-20)19(22)21-13-10-16-4-3-5-18(14-16)23-2/h3-9,14H,10-13H2,1-2H3,(H,21,22). The van der Waals surface area contributed by atoms with Crippen LogP contribution in [0.4, 0.5) is 0 Å². The van der Waals surface area contributed by atoms with Crippen LogP contribution in [0.5, 0.6) is 5.75 Å². The molecule has 0 spiro atoms. The molecule has 3 rings (SSSR count). The van der Waals surface area contributed by atoms with Crippen LogP contribution in [0.15, 0.2) is 48.5 Å². The zero-order valence-corrected chi connectivity index (χ0v) is 13.8. The molecule has 120 valence electrons. The molecular weight excluding hydrogens is 286 g/mol. The smallest absolute Gasteiger partial charge is 0.230 e. The van der Waals surface area contributed by atoms with Gasteiger partial charge in [0.25, 0.3) is 0 Å². The minimum Gasteiger partial charge on any atom is -0.497 e. The first-order valence-corrected chi connectivity index (χ1v) is 8.12. The van der Waals surface area contributed by atoms with Crippen molar-refractivity contribution in [1.29, 1.82) is 0 Å². The highest BCUT2D eigenvalue weighted by atomic mass is 16.5. The number of benzene rings is 2. The molecule has 2 aromatic rings. The molecule has 1 N–H and O–H groups in total. The lowest BCUT2D eigenvalue weighted by atomic mass is 9.94. The number of carbonyl (C=O) groups excluding carboxylic acids is 1. The van der Waals surface area contributed by atoms with Crippen molar-refractivity contribution in [2.45, 2.75) is 31.6 Å². The van der Waals surface area contributed by atoms with Gasteiger partial charge in [-0.2, -0.15) is 0 Å². The van der Waals surface area contributed by atoms with Crippen molar-refractivity contribution >= 4 is 5.91 Å². The molecule has 1 amide bonds. The Labute approximate surface area is 137 Å². The molecule has 0 saturated heterocycles. The van der Waals surface area contributed by atoms with Gasteiger partial charge in [0.2, 0.25) is 5.91 Å². The molecule has 0 aromatic heterocycles. The van der Waals surface area contributed by atoms with Gasteiger partial charge in [-0.25, -0.2) is 0 Å². The van der Waals surface area contributed by atoms with E-state index in [1.165, 1.54) is 11.1 Å². The second-order valence-corrected chi connectivity index (χ2v) is 6.31. The third kappa shape index (κ3) is 3.39. The van der Waals surface area contributed by atoms with E-state index in [9.17, 15) is 4.79 Å². The molecule has 0 aliphatic heterocycles. The van der Waals surface area contributed by atoms with Gasteiger partial charge >= 0.3 is 0 Å². The fourth-order valence-electron chi connectivity index (χ4n) is 2.96. The number of hydrogen-bond donors (Lipinski definition) is 1. The van der Waals surface area contributed by atoms with Crippen molar-refractivity contribution in [3.63, 3.8) is 0 Å². The van der Waals surface area contributed by atoms with Crippen molar-refractivity contribution in [1.82, 2.24) is 5.32 Å². The Balaban J connectivity index is 1.58. The van der Waals surface area contributed by atoms with Crippen LogP contribution >= 0.6 is 0 Å². The molecular formula is C20H23NO2. The topological polar surface area (TPSA) is 38.3 Å². The SMILES string of the molecule is COc1cccc(CCNC(=O)C2(c3ccc(C)cc3)CC2)c1. The summed E-state index contributed by atoms with van der Waals surface area (Å²) in [4.78, 5) is 12.6. The summed E-state index contributed by atoms with van der Waals surface area (Å²) in [6.07, 6.45) is 2.70. The number of ether oxygens (including phenoxy) is 1. The summed E-state index contributed by atoms with van der Waals surface area (Å²) in [5, 5.41) is 3.10. The molecule has 3 nitrogen and oxygen atoms in total. The average molecular weight is 309 g/mol. The van der Waals surface area contributed by atoms with Gasteiger partial charge in [-0.1, -0.05) is 42.0 Å². The second kappa shape index (κ2) is 6.45. The molecule has 0 atom stereocenters. The van der Waals surface area contributed by atoms with Crippen molar-refractivity contribution in [2.24, 2.45) is 0 Å². The zero-order chi connectivity index (χ0) is 16.3. The van der Waals surface area contributed by atoms with E-state index in [1.807, 2.05) is 18.2 Å². The van der Waals surface area contributed by atoms with E-state index in [2.05, 4.69) is 42.6 Å². The second-order valence-electron chi connectivity index (χ2n) is 6.31. The van der Waals surface area contributed by atoms with Crippen LogP contribution in [0, 0.1) is 6.92 Å². The summed E-state index contributed by atoms with van der Waals surface area (Å²) < 4.78 is 5.23. The predicted molar refractivity (Wildman–Crippen MR) is 91.8 cm³/mol. The van der Waals surface area contributed by atoms with Crippen LogP contribution in [0.2, 0.25) is 0 Å². The van der Waals surface area contributed by atoms with E-state index in [0.717, 1.165) is 30.6 Å². The lowest BCUT2D eigenvalue weighted by Crippen LogP contribution is -2.35. The Hall–Kier alpha value is -2.29. The highest BCUT2D eigenvalue weighted by molar-refractivity contribution is 5.91. The van der Waals surface area contributed by atoms with Crippen LogP contribution in [0.3, 0.4) is 0 Å². The molecule has 2 aromatic carbocycles. The Morgan fingerprint density at radius 3 is 2.57 bits per heavy atom. The van der Waals surface area contributed by atoms with Crippen molar-refractivity contribution < 1.29 is 9.53 Å². The Kier molecular flexibility index (Phi) is 4.37. The number of rotatable bonds is 6. The first-order valence-electron chi connectivity index (χ1n) is 8.12. The number of aryl methyl sites for hydroxylation is 1. The predicted octanol–water partition coefficient (Wildman–Crippen LogP) is 3.39. The largest absolute Gasteiger partial charge is 0.497 e. The van der Waals surface area contributed by atoms with Gasteiger partial charge in [0.05, 0.1) is 12.5 Å². The molecule has 0 bridgehead atoms. The summed E-state index contributed by atoms with van der Waals surface area (Å²) in [6, 6.07) is 16.3. The fourth-order valence-corrected chi connectivity index (χ4v) is 2.96. The fraction of sp³-hybridized carbons (Fsp3) is 0.350. The van der Waals surface area contributed by atoms with Gasteiger partial charge < -0.3 is 10.1 Å². The molecule has 3 heteroatoms. The number of nitrogens with one attached hydrogen (secondary N) is 1. The summed E-state index contributed by atoms with van der Waals surface area (Å²) in [7, 11) is 1.67. The molecule has 1 aliphatic rings. The summed E-state index contributed by atoms with van der Waals surface area (Å²) >= 11 is 0. The van der Waals surface area contributed by atoms with E-state index in [0.29, 0.717) is 6.54 Å². The third-order valence-electron chi connectivity index (χ3n) is 4.62. The molecule has 1 saturated carbocycles. The molecule has 0 radical (unpaired) electrons. The van der Waals surface area contributed by atoms with Gasteiger partial charge in [0, 0.05) is 6.54 Å². The molecule has 1 aliphatic carbocycles. The maximum Gasteiger partial charge on any atom is 0.230 e. The van der Waals surface area contributed by atoms with E-state index in [4.69, 9.17) is 4.74 Å². The van der Waals surface area contributed by atoms with Crippen LogP contribution in [0.1, 0.15) is 29.5 Å². The van der Waals surface area contributed by atoms with Crippen molar-refractivity contribution in [2.75, 3.05) is 13.7 Å². The normalized spacial score (nSPS) is 15.0. The molecule has 0 heterocycles. The highest BCUT2D eigenvalue weighted by Gasteiger charge is 2.50. The van der Waals surface area contributed by atoms with Crippen LogP contribution in [0.25, 0.3) is 0 Å². The molecule has 1 fully saturated rings. The van der Waals surface area contributed by atoms with Gasteiger partial charge in [0.1, 0.15) is 5.75 Å². The molecule has 23 heavy (non-hydrogen) atoms. The monoisotopic (exact) mass is 309 g/mol. The van der Waals surface area contributed by atoms with E-state index >= 15 is 0 Å². The number of methoxy groups -OCH3 is 1. The summed E-state index contributed by atoms with van der Waals surface area (Å²) in [5.74, 6) is 1.01. The minimum atomic E-state index is -0.290. The van der Waals surface area contributed by atoms with Crippen LogP contribution < -0.4 is 10.1 Å². The lowest BCUT2D eigenvalue weighted by molar-refractivity contribution is -0.123. The van der Waals surface area contributed by atoms with Crippen molar-refractivity contribution in [3.8, 4) is 5.75 Å². The van der Waals surface area contributed by atoms with Gasteiger partial charge in [-0.15, -0.1) is 0 Å².